The minimum atomic E-state index is -1.32. The molecular weight excluding hydrogens is 524 g/mol. The molecule has 228 valence electrons. The number of hydrogen-bond donors (Lipinski definition) is 4. The van der Waals surface area contributed by atoms with Gasteiger partial charge in [0.05, 0.1) is 6.54 Å². The van der Waals surface area contributed by atoms with Crippen LogP contribution in [0.5, 0.6) is 5.75 Å². The summed E-state index contributed by atoms with van der Waals surface area (Å²) in [7, 11) is 0. The Hall–Kier alpha value is -3.59. The normalized spacial score (nSPS) is 12.2. The van der Waals surface area contributed by atoms with Gasteiger partial charge in [0.25, 0.3) is 0 Å². The van der Waals surface area contributed by atoms with Crippen molar-refractivity contribution >= 4 is 23.7 Å². The van der Waals surface area contributed by atoms with Crippen molar-refractivity contribution in [3.05, 3.63) is 60.2 Å². The highest BCUT2D eigenvalue weighted by Gasteiger charge is 2.16. The van der Waals surface area contributed by atoms with Gasteiger partial charge in [0.15, 0.2) is 0 Å². The molecule has 9 nitrogen and oxygen atoms in total. The lowest BCUT2D eigenvalue weighted by Crippen LogP contribution is -2.38. The number of allylic oxidation sites excluding steroid dienone is 6. The van der Waals surface area contributed by atoms with Gasteiger partial charge in [-0.25, -0.2) is 9.59 Å². The van der Waals surface area contributed by atoms with Crippen molar-refractivity contribution in [3.63, 3.8) is 0 Å². The van der Waals surface area contributed by atoms with E-state index in [1.54, 1.807) is 0 Å². The molecule has 0 aliphatic heterocycles. The number of carbonyl (C=O) groups is 3. The minimum Gasteiger partial charge on any atom is -0.507 e. The topological polar surface area (TPSA) is 134 Å². The summed E-state index contributed by atoms with van der Waals surface area (Å²) in [4.78, 5) is 35.3. The standard InChI is InChI=1S/C32H48N2O7/c1-3-5-6-7-8-9-10-11-12-13-14-15-16-17-18-19-23-40-29(4-2)30(36)33-22-24-41-32(39)34-26-20-21-28(35)27(25-26)31(37)38/h5-6,8-9,11-12,20-21,25,29,35H,3-4,7,10,13-19,22-24H2,1-2H3,(H,33,36)(H,34,39)(H,37,38). The Morgan fingerprint density at radius 1 is 0.878 bits per heavy atom. The zero-order chi connectivity index (χ0) is 30.1. The van der Waals surface area contributed by atoms with E-state index in [0.717, 1.165) is 51.0 Å². The van der Waals surface area contributed by atoms with Crippen LogP contribution in [-0.4, -0.2) is 54.0 Å². The number of carboxylic acid groups (broad SMARTS) is 1. The molecule has 1 atom stereocenters. The molecule has 0 saturated heterocycles. The summed E-state index contributed by atoms with van der Waals surface area (Å²) in [6.45, 7) is 4.60. The van der Waals surface area contributed by atoms with Crippen LogP contribution in [0.4, 0.5) is 10.5 Å². The molecule has 1 aromatic rings. The first-order valence-corrected chi connectivity index (χ1v) is 14.7. The molecule has 0 spiro atoms. The Balaban J connectivity index is 2.06. The van der Waals surface area contributed by atoms with Crippen LogP contribution < -0.4 is 10.6 Å². The number of hydrogen-bond acceptors (Lipinski definition) is 6. The number of rotatable bonds is 22. The fourth-order valence-corrected chi connectivity index (χ4v) is 3.87. The summed E-state index contributed by atoms with van der Waals surface area (Å²) in [5.74, 6) is -1.98. The highest BCUT2D eigenvalue weighted by atomic mass is 16.5. The van der Waals surface area contributed by atoms with Gasteiger partial charge in [0.1, 0.15) is 24.0 Å². The molecule has 41 heavy (non-hydrogen) atoms. The molecule has 1 aromatic carbocycles. The number of phenols is 1. The van der Waals surface area contributed by atoms with Crippen LogP contribution >= 0.6 is 0 Å². The first-order valence-electron chi connectivity index (χ1n) is 14.7. The van der Waals surface area contributed by atoms with E-state index in [9.17, 15) is 19.5 Å². The summed E-state index contributed by atoms with van der Waals surface area (Å²) in [6, 6.07) is 3.64. The predicted octanol–water partition coefficient (Wildman–Crippen LogP) is 7.14. The lowest BCUT2D eigenvalue weighted by molar-refractivity contribution is -0.133. The van der Waals surface area contributed by atoms with E-state index in [-0.39, 0.29) is 30.3 Å². The van der Waals surface area contributed by atoms with Gasteiger partial charge in [-0.15, -0.1) is 0 Å². The van der Waals surface area contributed by atoms with Gasteiger partial charge in [-0.3, -0.25) is 10.1 Å². The Labute approximate surface area is 244 Å². The van der Waals surface area contributed by atoms with E-state index in [1.165, 1.54) is 31.4 Å². The van der Waals surface area contributed by atoms with Crippen LogP contribution in [0.2, 0.25) is 0 Å². The Morgan fingerprint density at radius 3 is 2.22 bits per heavy atom. The third-order valence-corrected chi connectivity index (χ3v) is 6.14. The number of nitrogens with one attached hydrogen (secondary N) is 2. The zero-order valence-corrected chi connectivity index (χ0v) is 24.6. The predicted molar refractivity (Wildman–Crippen MR) is 162 cm³/mol. The van der Waals surface area contributed by atoms with Gasteiger partial charge in [-0.05, 0) is 63.1 Å². The maximum Gasteiger partial charge on any atom is 0.411 e. The van der Waals surface area contributed by atoms with Crippen molar-refractivity contribution in [1.29, 1.82) is 0 Å². The summed E-state index contributed by atoms with van der Waals surface area (Å²) >= 11 is 0. The van der Waals surface area contributed by atoms with Crippen molar-refractivity contribution < 1.29 is 34.1 Å². The first kappa shape index (κ1) is 35.4. The lowest BCUT2D eigenvalue weighted by atomic mass is 10.1. The van der Waals surface area contributed by atoms with Crippen LogP contribution in [0.25, 0.3) is 0 Å². The molecule has 0 aliphatic carbocycles. The van der Waals surface area contributed by atoms with Gasteiger partial charge in [-0.1, -0.05) is 76.0 Å². The Kier molecular flexibility index (Phi) is 20.0. The maximum absolute atomic E-state index is 12.4. The van der Waals surface area contributed by atoms with Gasteiger partial charge in [0.2, 0.25) is 5.91 Å². The second-order valence-electron chi connectivity index (χ2n) is 9.56. The smallest absolute Gasteiger partial charge is 0.411 e. The van der Waals surface area contributed by atoms with Gasteiger partial charge in [-0.2, -0.15) is 0 Å². The first-order chi connectivity index (χ1) is 19.9. The molecule has 0 aliphatic rings. The summed E-state index contributed by atoms with van der Waals surface area (Å²) in [5.41, 5.74) is -0.175. The van der Waals surface area contributed by atoms with Gasteiger partial charge < -0.3 is 25.0 Å². The Bertz CT molecular complexity index is 988. The number of amides is 2. The maximum atomic E-state index is 12.4. The number of anilines is 1. The molecule has 0 saturated carbocycles. The monoisotopic (exact) mass is 572 g/mol. The molecule has 4 N–H and O–H groups in total. The third kappa shape index (κ3) is 17.7. The molecule has 1 rings (SSSR count). The number of ether oxygens (including phenoxy) is 2. The highest BCUT2D eigenvalue weighted by molar-refractivity contribution is 5.94. The van der Waals surface area contributed by atoms with E-state index in [2.05, 4.69) is 54.0 Å². The van der Waals surface area contributed by atoms with Crippen molar-refractivity contribution in [2.75, 3.05) is 25.1 Å². The second-order valence-corrected chi connectivity index (χ2v) is 9.56. The van der Waals surface area contributed by atoms with Crippen molar-refractivity contribution in [2.45, 2.75) is 90.6 Å². The number of aromatic hydroxyl groups is 1. The van der Waals surface area contributed by atoms with E-state index in [1.807, 2.05) is 6.92 Å². The van der Waals surface area contributed by atoms with E-state index in [4.69, 9.17) is 14.6 Å². The zero-order valence-electron chi connectivity index (χ0n) is 24.6. The van der Waals surface area contributed by atoms with Crippen LogP contribution in [0.15, 0.2) is 54.7 Å². The van der Waals surface area contributed by atoms with Crippen molar-refractivity contribution in [1.82, 2.24) is 5.32 Å². The molecule has 2 amide bonds. The third-order valence-electron chi connectivity index (χ3n) is 6.14. The lowest BCUT2D eigenvalue weighted by Gasteiger charge is -2.16. The fraction of sp³-hybridized carbons (Fsp3) is 0.531. The van der Waals surface area contributed by atoms with Crippen LogP contribution in [0.3, 0.4) is 0 Å². The molecular formula is C32H48N2O7. The average Bonchev–Trinajstić information content (AvgIpc) is 2.95. The minimum absolute atomic E-state index is 0.0678. The Morgan fingerprint density at radius 2 is 1.54 bits per heavy atom. The van der Waals surface area contributed by atoms with E-state index >= 15 is 0 Å². The summed E-state index contributed by atoms with van der Waals surface area (Å²) < 4.78 is 10.8. The average molecular weight is 573 g/mol. The SMILES string of the molecule is CCC=CCC=CCC=CCCCCCCCCOC(CC)C(=O)NCCOC(=O)Nc1ccc(O)c(C(=O)O)c1. The molecule has 0 aromatic heterocycles. The number of unbranched alkanes of at least 4 members (excludes halogenated alkanes) is 6. The quantitative estimate of drug-likeness (QED) is 0.0659. The molecule has 0 radical (unpaired) electrons. The molecule has 0 heterocycles. The molecule has 0 bridgehead atoms. The molecule has 1 unspecified atom stereocenters. The highest BCUT2D eigenvalue weighted by Crippen LogP contribution is 2.21. The van der Waals surface area contributed by atoms with Crippen LogP contribution in [0, 0.1) is 0 Å². The largest absolute Gasteiger partial charge is 0.507 e. The van der Waals surface area contributed by atoms with Gasteiger partial charge in [0, 0.05) is 12.3 Å². The number of aromatic carboxylic acids is 1. The number of benzene rings is 1. The van der Waals surface area contributed by atoms with Gasteiger partial charge >= 0.3 is 12.1 Å². The van der Waals surface area contributed by atoms with Crippen molar-refractivity contribution in [2.24, 2.45) is 0 Å². The fourth-order valence-electron chi connectivity index (χ4n) is 3.87. The van der Waals surface area contributed by atoms with E-state index in [0.29, 0.717) is 13.0 Å². The molecule has 0 fully saturated rings. The van der Waals surface area contributed by atoms with Crippen LogP contribution in [-0.2, 0) is 14.3 Å². The molecule has 9 heteroatoms. The summed E-state index contributed by atoms with van der Waals surface area (Å²) in [5, 5.41) is 23.6. The van der Waals surface area contributed by atoms with Crippen LogP contribution in [0.1, 0.15) is 94.8 Å². The number of carbonyl (C=O) groups excluding carboxylic acids is 2. The number of carboxylic acids is 1. The summed E-state index contributed by atoms with van der Waals surface area (Å²) in [6.07, 6.45) is 23.5. The second kappa shape index (κ2) is 23.1. The van der Waals surface area contributed by atoms with Crippen molar-refractivity contribution in [3.8, 4) is 5.75 Å². The van der Waals surface area contributed by atoms with E-state index < -0.39 is 23.9 Å².